The highest BCUT2D eigenvalue weighted by Gasteiger charge is 2.58. The van der Waals surface area contributed by atoms with E-state index in [1.165, 1.54) is 6.08 Å². The number of halogens is 2. The van der Waals surface area contributed by atoms with Crippen LogP contribution in [0.15, 0.2) is 12.7 Å². The van der Waals surface area contributed by atoms with Gasteiger partial charge in [-0.1, -0.05) is 20.4 Å². The Balaban J connectivity index is 1.40. The largest absolute Gasteiger partial charge is 0.353 e. The average molecular weight is 666 g/mol. The van der Waals surface area contributed by atoms with Crippen LogP contribution in [-0.4, -0.2) is 124 Å². The fourth-order valence-electron chi connectivity index (χ4n) is 9.45. The summed E-state index contributed by atoms with van der Waals surface area (Å²) in [6.45, 7) is 13.9. The van der Waals surface area contributed by atoms with E-state index in [-0.39, 0.29) is 65.5 Å². The number of piperazine rings is 1. The van der Waals surface area contributed by atoms with Crippen LogP contribution in [0.25, 0.3) is 0 Å². The number of nitrogens with one attached hydrogen (secondary N) is 4. The Labute approximate surface area is 276 Å². The molecule has 0 spiro atoms. The number of hydrogen-bond acceptors (Lipinski definition) is 7. The number of urea groups is 1. The number of piperidine rings is 2. The Bertz CT molecular complexity index is 1170. The van der Waals surface area contributed by atoms with Gasteiger partial charge in [0.25, 0.3) is 0 Å². The van der Waals surface area contributed by atoms with Gasteiger partial charge >= 0.3 is 6.03 Å². The second kappa shape index (κ2) is 13.9. The van der Waals surface area contributed by atoms with E-state index < -0.39 is 42.7 Å². The van der Waals surface area contributed by atoms with Gasteiger partial charge in [0.1, 0.15) is 12.3 Å². The van der Waals surface area contributed by atoms with Gasteiger partial charge in [0.05, 0.1) is 18.4 Å². The SMILES string of the molecule is C=CC(=O)N1CCN(C2NC(=O)N3C4NC(C(F)CC42)C2C(F)CCCC2NC(=O)CCSC2CCNC(C(C)C)C23)[C@@H](C)[C@H]1C. The molecule has 0 aromatic carbocycles. The van der Waals surface area contributed by atoms with E-state index in [2.05, 4.69) is 53.5 Å². The molecule has 0 aromatic rings. The molecule has 11 unspecified atom stereocenters. The Morgan fingerprint density at radius 3 is 2.57 bits per heavy atom. The van der Waals surface area contributed by atoms with Crippen LogP contribution in [0.5, 0.6) is 0 Å². The molecule has 13 atom stereocenters. The maximum absolute atomic E-state index is 16.7. The quantitative estimate of drug-likeness (QED) is 0.344. The number of hydrogen-bond donors (Lipinski definition) is 4. The van der Waals surface area contributed by atoms with Gasteiger partial charge in [0.2, 0.25) is 11.8 Å². The van der Waals surface area contributed by atoms with Crippen LogP contribution in [0.4, 0.5) is 13.6 Å². The molecule has 6 fully saturated rings. The maximum atomic E-state index is 16.7. The van der Waals surface area contributed by atoms with E-state index in [0.717, 1.165) is 13.0 Å². The molecule has 6 aliphatic rings. The summed E-state index contributed by atoms with van der Waals surface area (Å²) in [4.78, 5) is 46.3. The Morgan fingerprint density at radius 1 is 1.04 bits per heavy atom. The van der Waals surface area contributed by atoms with Crippen LogP contribution in [0.1, 0.15) is 66.2 Å². The van der Waals surface area contributed by atoms with Gasteiger partial charge in [-0.25, -0.2) is 13.6 Å². The summed E-state index contributed by atoms with van der Waals surface area (Å²) in [5, 5.41) is 13.8. The Hall–Kier alpha value is -1.96. The second-order valence-electron chi connectivity index (χ2n) is 14.7. The van der Waals surface area contributed by atoms with E-state index in [0.29, 0.717) is 44.5 Å². The minimum absolute atomic E-state index is 0.000244. The van der Waals surface area contributed by atoms with Gasteiger partial charge in [-0.3, -0.25) is 19.8 Å². The number of rotatable bonds is 3. The van der Waals surface area contributed by atoms with Crippen molar-refractivity contribution in [2.24, 2.45) is 17.8 Å². The highest BCUT2D eigenvalue weighted by molar-refractivity contribution is 8.00. The van der Waals surface area contributed by atoms with Gasteiger partial charge in [-0.15, -0.1) is 0 Å². The number of alkyl halides is 2. The lowest BCUT2D eigenvalue weighted by Crippen LogP contribution is -2.80. The lowest BCUT2D eigenvalue weighted by molar-refractivity contribution is -0.137. The van der Waals surface area contributed by atoms with Gasteiger partial charge in [-0.05, 0) is 64.5 Å². The molecule has 10 nitrogen and oxygen atoms in total. The van der Waals surface area contributed by atoms with Gasteiger partial charge in [0.15, 0.2) is 0 Å². The Kier molecular flexibility index (Phi) is 10.2. The summed E-state index contributed by atoms with van der Waals surface area (Å²) in [6.07, 6.45) is 0.640. The molecule has 2 bridgehead atoms. The van der Waals surface area contributed by atoms with Crippen molar-refractivity contribution < 1.29 is 23.2 Å². The number of carbonyl (C=O) groups is 3. The smallest absolute Gasteiger partial charge is 0.320 e. The third-order valence-electron chi connectivity index (χ3n) is 11.9. The molecule has 46 heavy (non-hydrogen) atoms. The van der Waals surface area contributed by atoms with Crippen molar-refractivity contribution in [2.45, 2.75) is 132 Å². The van der Waals surface area contributed by atoms with Crippen molar-refractivity contribution >= 4 is 29.6 Å². The number of nitrogens with zero attached hydrogens (tertiary/aromatic N) is 3. The summed E-state index contributed by atoms with van der Waals surface area (Å²) in [7, 11) is 0. The number of fused-ring (bicyclic) bond motifs is 5. The van der Waals surface area contributed by atoms with E-state index >= 15 is 8.78 Å². The Morgan fingerprint density at radius 2 is 1.83 bits per heavy atom. The molecule has 1 aliphatic carbocycles. The zero-order valence-corrected chi connectivity index (χ0v) is 28.5. The van der Waals surface area contributed by atoms with Crippen LogP contribution in [-0.2, 0) is 9.59 Å². The molecule has 0 aromatic heterocycles. The first-order valence-corrected chi connectivity index (χ1v) is 18.5. The third kappa shape index (κ3) is 6.18. The first-order valence-electron chi connectivity index (χ1n) is 17.5. The van der Waals surface area contributed by atoms with E-state index in [1.807, 2.05) is 11.8 Å². The summed E-state index contributed by atoms with van der Waals surface area (Å²) in [5.74, 6) is -0.451. The molecular formula is C33H53F2N7O3S. The standard InChI is InChI=1S/C33H53F2N7O3S/c1-6-26(44)40-13-14-41(19(5)18(40)4)31-20-16-22(35)29-27-21(34)8-7-9-23(27)37-25(43)11-15-46-24-10-12-36-28(17(2)3)30(24)42(32(20)38-29)33(45)39-31/h6,17-24,27-32,36,38H,1,7-16H2,2-5H3,(H,37,43)(H,39,45)/t18-,19+,20?,21?,22?,23?,24?,27?,28?,29?,30?,31?,32?/m1/s1. The first kappa shape index (κ1) is 33.9. The van der Waals surface area contributed by atoms with Crippen LogP contribution in [0.3, 0.4) is 0 Å². The molecule has 13 heteroatoms. The van der Waals surface area contributed by atoms with Crippen molar-refractivity contribution in [3.05, 3.63) is 12.7 Å². The van der Waals surface area contributed by atoms with Gasteiger partial charge < -0.3 is 25.8 Å². The predicted molar refractivity (Wildman–Crippen MR) is 175 cm³/mol. The molecular weight excluding hydrogens is 612 g/mol. The molecule has 5 saturated heterocycles. The molecule has 258 valence electrons. The lowest BCUT2D eigenvalue weighted by Gasteiger charge is -2.60. The molecule has 6 rings (SSSR count). The number of amides is 4. The maximum Gasteiger partial charge on any atom is 0.320 e. The van der Waals surface area contributed by atoms with E-state index in [9.17, 15) is 14.4 Å². The van der Waals surface area contributed by atoms with Crippen molar-refractivity contribution in [1.82, 2.24) is 36.0 Å². The van der Waals surface area contributed by atoms with Crippen LogP contribution in [0, 0.1) is 17.8 Å². The topological polar surface area (TPSA) is 109 Å². The minimum Gasteiger partial charge on any atom is -0.353 e. The van der Waals surface area contributed by atoms with Crippen molar-refractivity contribution in [3.8, 4) is 0 Å². The van der Waals surface area contributed by atoms with Crippen LogP contribution in [0.2, 0.25) is 0 Å². The third-order valence-corrected chi connectivity index (χ3v) is 13.3. The predicted octanol–water partition coefficient (Wildman–Crippen LogP) is 2.60. The molecule has 4 N–H and O–H groups in total. The first-order chi connectivity index (χ1) is 22.0. The van der Waals surface area contributed by atoms with Gasteiger partial charge in [-0.2, -0.15) is 11.8 Å². The summed E-state index contributed by atoms with van der Waals surface area (Å²) in [6, 6.07) is -1.94. The summed E-state index contributed by atoms with van der Waals surface area (Å²) < 4.78 is 32.6. The molecule has 4 amide bonds. The minimum atomic E-state index is -1.36. The number of thioether (sulfide) groups is 1. The highest BCUT2D eigenvalue weighted by atomic mass is 32.2. The monoisotopic (exact) mass is 665 g/mol. The highest BCUT2D eigenvalue weighted by Crippen LogP contribution is 2.43. The molecule has 5 heterocycles. The van der Waals surface area contributed by atoms with Crippen LogP contribution < -0.4 is 21.3 Å². The second-order valence-corrected chi connectivity index (χ2v) is 16.0. The normalized spacial score (nSPS) is 44.0. The fraction of sp³-hybridized carbons (Fsp3) is 0.848. The molecule has 0 radical (unpaired) electrons. The van der Waals surface area contributed by atoms with E-state index in [1.54, 1.807) is 16.7 Å². The molecule has 1 saturated carbocycles. The van der Waals surface area contributed by atoms with Crippen molar-refractivity contribution in [3.63, 3.8) is 0 Å². The fourth-order valence-corrected chi connectivity index (χ4v) is 10.8. The number of carbonyl (C=O) groups excluding carboxylic acids is 3. The zero-order chi connectivity index (χ0) is 32.9. The van der Waals surface area contributed by atoms with Gasteiger partial charge in [0, 0.05) is 72.6 Å². The molecule has 5 aliphatic heterocycles. The summed E-state index contributed by atoms with van der Waals surface area (Å²) >= 11 is 1.74. The lowest BCUT2D eigenvalue weighted by atomic mass is 9.72. The van der Waals surface area contributed by atoms with Crippen molar-refractivity contribution in [1.29, 1.82) is 0 Å². The van der Waals surface area contributed by atoms with Crippen LogP contribution >= 0.6 is 11.8 Å². The zero-order valence-electron chi connectivity index (χ0n) is 27.7. The average Bonchev–Trinajstić information content (AvgIpc) is 3.02. The van der Waals surface area contributed by atoms with Crippen molar-refractivity contribution in [2.75, 3.05) is 25.4 Å². The summed E-state index contributed by atoms with van der Waals surface area (Å²) in [5.41, 5.74) is 0. The van der Waals surface area contributed by atoms with E-state index in [4.69, 9.17) is 0 Å².